The van der Waals surface area contributed by atoms with Crippen LogP contribution in [-0.4, -0.2) is 17.2 Å². The minimum absolute atomic E-state index is 0.0464. The number of carboxylic acids is 1. The zero-order chi connectivity index (χ0) is 11.7. The summed E-state index contributed by atoms with van der Waals surface area (Å²) >= 11 is 0. The van der Waals surface area contributed by atoms with Crippen molar-refractivity contribution in [1.29, 1.82) is 0 Å². The Balaban J connectivity index is 2.19. The molecule has 86 valence electrons. The van der Waals surface area contributed by atoms with Crippen molar-refractivity contribution in [2.24, 2.45) is 5.73 Å². The molecule has 0 radical (unpaired) electrons. The van der Waals surface area contributed by atoms with Crippen molar-refractivity contribution in [2.75, 3.05) is 0 Å². The summed E-state index contributed by atoms with van der Waals surface area (Å²) in [5, 5.41) is 8.68. The van der Waals surface area contributed by atoms with E-state index < -0.39 is 12.0 Å². The summed E-state index contributed by atoms with van der Waals surface area (Å²) in [4.78, 5) is 10.6. The number of carboxylic acid groups (broad SMARTS) is 1. The van der Waals surface area contributed by atoms with Gasteiger partial charge in [0.1, 0.15) is 11.9 Å². The molecule has 1 aliphatic heterocycles. The second kappa shape index (κ2) is 4.14. The van der Waals surface area contributed by atoms with E-state index in [1.807, 2.05) is 25.1 Å². The minimum Gasteiger partial charge on any atom is -0.490 e. The number of hydrogen-bond acceptors (Lipinski definition) is 3. The Labute approximate surface area is 94.0 Å². The lowest BCUT2D eigenvalue weighted by Crippen LogP contribution is -2.15. The molecule has 1 aromatic carbocycles. The Morgan fingerprint density at radius 2 is 2.44 bits per heavy atom. The van der Waals surface area contributed by atoms with Crippen LogP contribution < -0.4 is 10.5 Å². The summed E-state index contributed by atoms with van der Waals surface area (Å²) in [6, 6.07) is 5.21. The fraction of sp³-hybridized carbons (Fsp3) is 0.417. The van der Waals surface area contributed by atoms with Gasteiger partial charge in [-0.25, -0.2) is 0 Å². The van der Waals surface area contributed by atoms with Crippen molar-refractivity contribution < 1.29 is 14.6 Å². The van der Waals surface area contributed by atoms with Crippen molar-refractivity contribution in [3.8, 4) is 5.75 Å². The van der Waals surface area contributed by atoms with E-state index in [2.05, 4.69) is 0 Å². The van der Waals surface area contributed by atoms with Gasteiger partial charge in [-0.3, -0.25) is 4.79 Å². The Morgan fingerprint density at radius 1 is 1.69 bits per heavy atom. The molecule has 2 atom stereocenters. The first-order valence-electron chi connectivity index (χ1n) is 5.33. The van der Waals surface area contributed by atoms with Gasteiger partial charge in [0, 0.05) is 12.5 Å². The summed E-state index contributed by atoms with van der Waals surface area (Å²) in [5.41, 5.74) is 7.78. The molecule has 0 saturated heterocycles. The molecule has 3 N–H and O–H groups in total. The third-order valence-corrected chi connectivity index (χ3v) is 2.74. The van der Waals surface area contributed by atoms with Crippen molar-refractivity contribution in [3.63, 3.8) is 0 Å². The molecule has 1 heterocycles. The predicted octanol–water partition coefficient (Wildman–Crippen LogP) is 1.48. The minimum atomic E-state index is -0.877. The van der Waals surface area contributed by atoms with E-state index in [1.165, 1.54) is 0 Å². The first kappa shape index (κ1) is 11.0. The summed E-state index contributed by atoms with van der Waals surface area (Å²) < 4.78 is 5.57. The number of hydrogen-bond donors (Lipinski definition) is 2. The molecule has 0 saturated carbocycles. The van der Waals surface area contributed by atoms with Crippen LogP contribution in [0.5, 0.6) is 5.75 Å². The van der Waals surface area contributed by atoms with E-state index in [0.29, 0.717) is 0 Å². The highest BCUT2D eigenvalue weighted by Crippen LogP contribution is 2.31. The van der Waals surface area contributed by atoms with Gasteiger partial charge in [0.2, 0.25) is 0 Å². The molecule has 0 fully saturated rings. The van der Waals surface area contributed by atoms with Gasteiger partial charge >= 0.3 is 5.97 Å². The van der Waals surface area contributed by atoms with Crippen LogP contribution in [0, 0.1) is 0 Å². The zero-order valence-electron chi connectivity index (χ0n) is 9.14. The van der Waals surface area contributed by atoms with E-state index in [-0.39, 0.29) is 12.5 Å². The Kier molecular flexibility index (Phi) is 2.83. The van der Waals surface area contributed by atoms with Crippen molar-refractivity contribution >= 4 is 5.97 Å². The van der Waals surface area contributed by atoms with Crippen LogP contribution in [-0.2, 0) is 11.2 Å². The average molecular weight is 221 g/mol. The third-order valence-electron chi connectivity index (χ3n) is 2.74. The first-order chi connectivity index (χ1) is 7.56. The number of ether oxygens (including phenoxy) is 1. The smallest absolute Gasteiger partial charge is 0.305 e. The second-order valence-electron chi connectivity index (χ2n) is 4.20. The largest absolute Gasteiger partial charge is 0.490 e. The van der Waals surface area contributed by atoms with Gasteiger partial charge in [0.05, 0.1) is 6.42 Å². The molecule has 2 unspecified atom stereocenters. The van der Waals surface area contributed by atoms with E-state index in [9.17, 15) is 4.79 Å². The van der Waals surface area contributed by atoms with E-state index in [4.69, 9.17) is 15.6 Å². The fourth-order valence-electron chi connectivity index (χ4n) is 1.98. The lowest BCUT2D eigenvalue weighted by Gasteiger charge is -2.10. The maximum absolute atomic E-state index is 10.6. The molecule has 0 aliphatic carbocycles. The molecular formula is C12H15NO3. The Hall–Kier alpha value is -1.55. The molecule has 4 nitrogen and oxygen atoms in total. The lowest BCUT2D eigenvalue weighted by molar-refractivity contribution is -0.137. The summed E-state index contributed by atoms with van der Waals surface area (Å²) in [6.45, 7) is 2.01. The fourth-order valence-corrected chi connectivity index (χ4v) is 1.98. The number of benzene rings is 1. The van der Waals surface area contributed by atoms with Crippen molar-refractivity contribution in [2.45, 2.75) is 31.9 Å². The average Bonchev–Trinajstić information content (AvgIpc) is 2.55. The van der Waals surface area contributed by atoms with Crippen LogP contribution in [0.1, 0.15) is 30.5 Å². The maximum Gasteiger partial charge on any atom is 0.305 e. The van der Waals surface area contributed by atoms with E-state index >= 15 is 0 Å². The molecule has 0 aromatic heterocycles. The highest BCUT2D eigenvalue weighted by Gasteiger charge is 2.20. The monoisotopic (exact) mass is 221 g/mol. The summed E-state index contributed by atoms with van der Waals surface area (Å²) in [5.74, 6) is 0.0105. The van der Waals surface area contributed by atoms with Crippen molar-refractivity contribution in [3.05, 3.63) is 29.3 Å². The maximum atomic E-state index is 10.6. The van der Waals surface area contributed by atoms with Crippen LogP contribution in [0.3, 0.4) is 0 Å². The summed E-state index contributed by atoms with van der Waals surface area (Å²) in [7, 11) is 0. The number of carbonyl (C=O) groups is 1. The molecule has 2 rings (SSSR count). The lowest BCUT2D eigenvalue weighted by atomic mass is 10.0. The number of nitrogens with two attached hydrogens (primary N) is 1. The van der Waals surface area contributed by atoms with Gasteiger partial charge < -0.3 is 15.6 Å². The molecule has 16 heavy (non-hydrogen) atoms. The van der Waals surface area contributed by atoms with E-state index in [1.54, 1.807) is 0 Å². The topological polar surface area (TPSA) is 72.6 Å². The van der Waals surface area contributed by atoms with Gasteiger partial charge in [-0.15, -0.1) is 0 Å². The SMILES string of the molecule is CC1Cc2cc(C(N)CC(=O)O)ccc2O1. The number of rotatable bonds is 3. The van der Waals surface area contributed by atoms with Gasteiger partial charge in [-0.1, -0.05) is 12.1 Å². The van der Waals surface area contributed by atoms with Crippen LogP contribution in [0.2, 0.25) is 0 Å². The first-order valence-corrected chi connectivity index (χ1v) is 5.33. The molecule has 0 spiro atoms. The normalized spacial score (nSPS) is 20.0. The van der Waals surface area contributed by atoms with Gasteiger partial charge in [-0.2, -0.15) is 0 Å². The van der Waals surface area contributed by atoms with Gasteiger partial charge in [-0.05, 0) is 24.1 Å². The standard InChI is InChI=1S/C12H15NO3/c1-7-4-9-5-8(2-3-11(9)16-7)10(13)6-12(14)15/h2-3,5,7,10H,4,6,13H2,1H3,(H,14,15). The molecule has 0 bridgehead atoms. The van der Waals surface area contributed by atoms with Gasteiger partial charge in [0.25, 0.3) is 0 Å². The molecule has 1 aliphatic rings. The third kappa shape index (κ3) is 2.17. The van der Waals surface area contributed by atoms with E-state index in [0.717, 1.165) is 23.3 Å². The Morgan fingerprint density at radius 3 is 3.12 bits per heavy atom. The quantitative estimate of drug-likeness (QED) is 0.811. The predicted molar refractivity (Wildman–Crippen MR) is 59.4 cm³/mol. The van der Waals surface area contributed by atoms with Crippen LogP contribution in [0.15, 0.2) is 18.2 Å². The van der Waals surface area contributed by atoms with Crippen molar-refractivity contribution in [1.82, 2.24) is 0 Å². The second-order valence-corrected chi connectivity index (χ2v) is 4.20. The van der Waals surface area contributed by atoms with Crippen LogP contribution in [0.25, 0.3) is 0 Å². The van der Waals surface area contributed by atoms with Crippen LogP contribution >= 0.6 is 0 Å². The highest BCUT2D eigenvalue weighted by atomic mass is 16.5. The summed E-state index contributed by atoms with van der Waals surface area (Å²) in [6.07, 6.45) is 1.01. The molecule has 1 aromatic rings. The molecule has 0 amide bonds. The Bertz CT molecular complexity index is 417. The van der Waals surface area contributed by atoms with Gasteiger partial charge in [0.15, 0.2) is 0 Å². The molecule has 4 heteroatoms. The number of fused-ring (bicyclic) bond motifs is 1. The molecular weight excluding hydrogens is 206 g/mol. The number of aliphatic carboxylic acids is 1. The highest BCUT2D eigenvalue weighted by molar-refractivity contribution is 5.68. The zero-order valence-corrected chi connectivity index (χ0v) is 9.14. The van der Waals surface area contributed by atoms with Crippen LogP contribution in [0.4, 0.5) is 0 Å².